The fourth-order valence-corrected chi connectivity index (χ4v) is 5.88. The molecule has 6 rings (SSSR count). The zero-order valence-corrected chi connectivity index (χ0v) is 15.5. The second-order valence-corrected chi connectivity index (χ2v) is 8.73. The summed E-state index contributed by atoms with van der Waals surface area (Å²) in [5, 5.41) is 5.52. The van der Waals surface area contributed by atoms with Crippen LogP contribution in [-0.4, -0.2) is 4.98 Å². The number of hydrogen-bond acceptors (Lipinski definition) is 2. The summed E-state index contributed by atoms with van der Waals surface area (Å²) < 4.78 is 2.76. The Labute approximate surface area is 155 Å². The zero-order valence-electron chi connectivity index (χ0n) is 14.7. The van der Waals surface area contributed by atoms with Crippen LogP contribution in [0.1, 0.15) is 25.0 Å². The maximum absolute atomic E-state index is 4.43. The third-order valence-electron chi connectivity index (χ3n) is 5.96. The van der Waals surface area contributed by atoms with Gasteiger partial charge in [0.2, 0.25) is 0 Å². The average molecular weight is 351 g/mol. The van der Waals surface area contributed by atoms with Crippen LogP contribution in [-0.2, 0) is 5.41 Å². The predicted molar refractivity (Wildman–Crippen MR) is 112 cm³/mol. The molecule has 5 aromatic rings. The first kappa shape index (κ1) is 14.5. The van der Waals surface area contributed by atoms with E-state index in [1.807, 2.05) is 23.7 Å². The standard InChI is InChI=1S/C24H17NS/c1-24(2)19-8-5-7-16-22(19)17(14-10-11-25-13-20(14)24)12-18-15-6-3-4-9-21(15)26-23(16)18/h3-13H,1-2H3. The molecule has 0 aliphatic heterocycles. The van der Waals surface area contributed by atoms with Crippen molar-refractivity contribution in [3.05, 3.63) is 78.1 Å². The van der Waals surface area contributed by atoms with Gasteiger partial charge in [0.25, 0.3) is 0 Å². The minimum Gasteiger partial charge on any atom is -0.264 e. The first-order chi connectivity index (χ1) is 12.7. The van der Waals surface area contributed by atoms with Gasteiger partial charge in [-0.3, -0.25) is 4.98 Å². The van der Waals surface area contributed by atoms with Gasteiger partial charge in [-0.05, 0) is 45.8 Å². The highest BCUT2D eigenvalue weighted by molar-refractivity contribution is 7.26. The van der Waals surface area contributed by atoms with Crippen LogP contribution in [0.2, 0.25) is 0 Å². The maximum Gasteiger partial charge on any atom is 0.0434 e. The first-order valence-corrected chi connectivity index (χ1v) is 9.80. The number of fused-ring (bicyclic) bond motifs is 6. The maximum atomic E-state index is 4.43. The van der Waals surface area contributed by atoms with Crippen molar-refractivity contribution in [1.29, 1.82) is 0 Å². The summed E-state index contributed by atoms with van der Waals surface area (Å²) in [6.45, 7) is 4.64. The van der Waals surface area contributed by atoms with E-state index < -0.39 is 0 Å². The van der Waals surface area contributed by atoms with E-state index in [-0.39, 0.29) is 5.41 Å². The molecule has 0 saturated carbocycles. The van der Waals surface area contributed by atoms with Gasteiger partial charge in [0.1, 0.15) is 0 Å². The number of rotatable bonds is 0. The third-order valence-corrected chi connectivity index (χ3v) is 7.18. The van der Waals surface area contributed by atoms with Crippen LogP contribution < -0.4 is 0 Å². The van der Waals surface area contributed by atoms with E-state index in [1.165, 1.54) is 53.2 Å². The van der Waals surface area contributed by atoms with Crippen molar-refractivity contribution >= 4 is 42.3 Å². The van der Waals surface area contributed by atoms with Crippen molar-refractivity contribution in [2.24, 2.45) is 0 Å². The van der Waals surface area contributed by atoms with Crippen molar-refractivity contribution in [3.8, 4) is 11.1 Å². The number of aromatic nitrogens is 1. The number of benzene rings is 3. The minimum atomic E-state index is -0.0412. The first-order valence-electron chi connectivity index (χ1n) is 8.98. The van der Waals surface area contributed by atoms with E-state index >= 15 is 0 Å². The molecule has 2 aromatic heterocycles. The van der Waals surface area contributed by atoms with Crippen LogP contribution in [0.15, 0.2) is 67.0 Å². The monoisotopic (exact) mass is 351 g/mol. The molecule has 0 saturated heterocycles. The highest BCUT2D eigenvalue weighted by Gasteiger charge is 2.34. The van der Waals surface area contributed by atoms with Gasteiger partial charge in [-0.1, -0.05) is 50.2 Å². The molecule has 0 radical (unpaired) electrons. The van der Waals surface area contributed by atoms with Crippen molar-refractivity contribution in [2.75, 3.05) is 0 Å². The second-order valence-electron chi connectivity index (χ2n) is 7.67. The molecule has 26 heavy (non-hydrogen) atoms. The number of pyridine rings is 1. The average Bonchev–Trinajstić information content (AvgIpc) is 3.05. The molecule has 0 atom stereocenters. The lowest BCUT2D eigenvalue weighted by Crippen LogP contribution is -2.23. The quantitative estimate of drug-likeness (QED) is 0.295. The summed E-state index contributed by atoms with van der Waals surface area (Å²) in [6.07, 6.45) is 3.97. The highest BCUT2D eigenvalue weighted by Crippen LogP contribution is 2.51. The third kappa shape index (κ3) is 1.63. The fraction of sp³-hybridized carbons (Fsp3) is 0.125. The normalized spacial score (nSPS) is 14.8. The van der Waals surface area contributed by atoms with Gasteiger partial charge < -0.3 is 0 Å². The van der Waals surface area contributed by atoms with Gasteiger partial charge in [-0.25, -0.2) is 0 Å². The topological polar surface area (TPSA) is 12.9 Å². The van der Waals surface area contributed by atoms with Crippen LogP contribution in [0.25, 0.3) is 42.1 Å². The van der Waals surface area contributed by atoms with Gasteiger partial charge in [-0.15, -0.1) is 11.3 Å². The van der Waals surface area contributed by atoms with E-state index in [1.54, 1.807) is 0 Å². The molecule has 3 aromatic carbocycles. The lowest BCUT2D eigenvalue weighted by molar-refractivity contribution is 0.642. The molecule has 1 aliphatic carbocycles. The molecule has 2 heteroatoms. The summed E-state index contributed by atoms with van der Waals surface area (Å²) in [6, 6.07) is 20.2. The van der Waals surface area contributed by atoms with Crippen LogP contribution in [0.4, 0.5) is 0 Å². The second kappa shape index (κ2) is 4.72. The lowest BCUT2D eigenvalue weighted by Gasteiger charge is -2.34. The summed E-state index contributed by atoms with van der Waals surface area (Å²) in [4.78, 5) is 4.43. The fourth-order valence-electron chi connectivity index (χ4n) is 4.66. The molecule has 0 spiro atoms. The highest BCUT2D eigenvalue weighted by atomic mass is 32.1. The van der Waals surface area contributed by atoms with Crippen molar-refractivity contribution in [2.45, 2.75) is 19.3 Å². The van der Waals surface area contributed by atoms with Crippen LogP contribution in [0.3, 0.4) is 0 Å². The number of nitrogens with zero attached hydrogens (tertiary/aromatic N) is 1. The summed E-state index contributed by atoms with van der Waals surface area (Å²) in [7, 11) is 0. The Bertz CT molecular complexity index is 1360. The van der Waals surface area contributed by atoms with Crippen molar-refractivity contribution in [3.63, 3.8) is 0 Å². The molecular formula is C24H17NS. The van der Waals surface area contributed by atoms with Crippen LogP contribution in [0.5, 0.6) is 0 Å². The Morgan fingerprint density at radius 2 is 1.65 bits per heavy atom. The van der Waals surface area contributed by atoms with E-state index in [4.69, 9.17) is 0 Å². The van der Waals surface area contributed by atoms with E-state index in [0.717, 1.165) is 0 Å². The molecule has 1 nitrogen and oxygen atoms in total. The molecule has 0 amide bonds. The van der Waals surface area contributed by atoms with E-state index in [2.05, 4.69) is 73.4 Å². The molecule has 0 unspecified atom stereocenters. The molecule has 2 heterocycles. The lowest BCUT2D eigenvalue weighted by atomic mass is 9.69. The molecule has 0 N–H and O–H groups in total. The molecule has 0 bridgehead atoms. The van der Waals surface area contributed by atoms with E-state index in [0.29, 0.717) is 0 Å². The summed E-state index contributed by atoms with van der Waals surface area (Å²) in [5.41, 5.74) is 5.36. The minimum absolute atomic E-state index is 0.0412. The summed E-state index contributed by atoms with van der Waals surface area (Å²) >= 11 is 1.91. The van der Waals surface area contributed by atoms with Crippen molar-refractivity contribution in [1.82, 2.24) is 4.98 Å². The Morgan fingerprint density at radius 1 is 0.808 bits per heavy atom. The van der Waals surface area contributed by atoms with Gasteiger partial charge >= 0.3 is 0 Å². The Hall–Kier alpha value is -2.71. The molecule has 0 fully saturated rings. The number of thiophene rings is 1. The predicted octanol–water partition coefficient (Wildman–Crippen LogP) is 6.91. The Morgan fingerprint density at radius 3 is 2.58 bits per heavy atom. The SMILES string of the molecule is CC1(C)c2cnccc2-c2cc3c4ccccc4sc3c3cccc1c23. The zero-order chi connectivity index (χ0) is 17.5. The molecular weight excluding hydrogens is 334 g/mol. The Balaban J connectivity index is 1.93. The Kier molecular flexibility index (Phi) is 2.62. The van der Waals surface area contributed by atoms with Gasteiger partial charge in [0.15, 0.2) is 0 Å². The van der Waals surface area contributed by atoms with Crippen LogP contribution in [0, 0.1) is 0 Å². The van der Waals surface area contributed by atoms with Gasteiger partial charge in [0.05, 0.1) is 0 Å². The van der Waals surface area contributed by atoms with Gasteiger partial charge in [-0.2, -0.15) is 0 Å². The van der Waals surface area contributed by atoms with Crippen molar-refractivity contribution < 1.29 is 0 Å². The summed E-state index contributed by atoms with van der Waals surface area (Å²) in [5.74, 6) is 0. The van der Waals surface area contributed by atoms with Gasteiger partial charge in [0, 0.05) is 43.4 Å². The smallest absolute Gasteiger partial charge is 0.0434 e. The molecule has 1 aliphatic rings. The largest absolute Gasteiger partial charge is 0.264 e. The number of hydrogen-bond donors (Lipinski definition) is 0. The van der Waals surface area contributed by atoms with E-state index in [9.17, 15) is 0 Å². The molecule has 124 valence electrons. The van der Waals surface area contributed by atoms with Crippen LogP contribution >= 0.6 is 11.3 Å².